The smallest absolute Gasteiger partial charge is 0.494 e. The summed E-state index contributed by atoms with van der Waals surface area (Å²) in [5.74, 6) is 1.38. The van der Waals surface area contributed by atoms with Crippen molar-refractivity contribution in [2.24, 2.45) is 0 Å². The molecule has 3 fully saturated rings. The van der Waals surface area contributed by atoms with Gasteiger partial charge in [-0.2, -0.15) is 5.26 Å². The van der Waals surface area contributed by atoms with Gasteiger partial charge in [-0.25, -0.2) is 4.57 Å². The second-order valence-electron chi connectivity index (χ2n) is 12.7. The number of nitriles is 1. The van der Waals surface area contributed by atoms with Gasteiger partial charge < -0.3 is 61.2 Å². The quantitative estimate of drug-likeness (QED) is 0.0742. The van der Waals surface area contributed by atoms with E-state index in [4.69, 9.17) is 69.1 Å². The lowest BCUT2D eigenvalue weighted by Gasteiger charge is -2.45. The number of aliphatic hydroxyl groups is 3. The molecule has 1 aliphatic carbocycles. The number of ether oxygens (including phenoxy) is 1. The summed E-state index contributed by atoms with van der Waals surface area (Å²) >= 11 is 0. The van der Waals surface area contributed by atoms with Crippen LogP contribution in [0.3, 0.4) is 0 Å². The molecule has 3 aliphatic heterocycles. The molecule has 0 spiro atoms. The van der Waals surface area contributed by atoms with Crippen LogP contribution >= 0.6 is 7.82 Å². The number of phosphoric ester groups is 1. The Hall–Kier alpha value is -2.05. The van der Waals surface area contributed by atoms with Gasteiger partial charge in [0.2, 0.25) is 0 Å². The Bertz CT molecular complexity index is 1930. The van der Waals surface area contributed by atoms with E-state index >= 15 is 0 Å². The van der Waals surface area contributed by atoms with Crippen LogP contribution in [0.1, 0.15) is 24.0 Å². The average molecular weight is 1010 g/mol. The number of aliphatic hydroxyl groups excluding tert-OH is 3. The molecule has 0 aromatic heterocycles. The van der Waals surface area contributed by atoms with Gasteiger partial charge in [0.05, 0.1) is 32.3 Å². The molecule has 3 saturated heterocycles. The maximum Gasteiger partial charge on any atom is 0.551 e. The third kappa shape index (κ3) is 14.5. The van der Waals surface area contributed by atoms with Crippen molar-refractivity contribution >= 4 is 94.4 Å². The molecule has 8 radical (unpaired) electrons. The molecule has 29 heteroatoms. The molecule has 3 N–H and O–H groups in total. The van der Waals surface area contributed by atoms with Crippen molar-refractivity contribution in [1.29, 1.82) is 5.26 Å². The van der Waals surface area contributed by atoms with Crippen LogP contribution in [0.15, 0.2) is 84.5 Å². The lowest BCUT2D eigenvalue weighted by atomic mass is 9.91. The van der Waals surface area contributed by atoms with Gasteiger partial charge >= 0.3 is 88.9 Å². The summed E-state index contributed by atoms with van der Waals surface area (Å²) in [4.78, 5) is 0. The van der Waals surface area contributed by atoms with Crippen LogP contribution in [0.2, 0.25) is 18.1 Å². The largest absolute Gasteiger partial charge is 0.551 e. The Kier molecular flexibility index (Phi) is 19.9. The molecular formula is C33H43NO19PSi8+. The SMILES string of the molecule is C[O+]=C1C=CC(=C(c2ccccc2)c2ccc(OCCCOP(=O)(OCCC#N)OC[Si]3O[Si]O[Si]4O[Si]5O[Si]O[Si](CCO)O[Si](CCO)(O5)O[Si](CCO)(O3)O4)cc2)C=C1. The normalized spacial score (nSPS) is 23.9. The molecule has 2 aromatic rings. The summed E-state index contributed by atoms with van der Waals surface area (Å²) in [5.41, 5.74) is 4.12. The zero-order chi connectivity index (χ0) is 43.7. The van der Waals surface area contributed by atoms with Crippen LogP contribution in [0.5, 0.6) is 5.75 Å². The molecule has 330 valence electrons. The Labute approximate surface area is 373 Å². The van der Waals surface area contributed by atoms with E-state index in [-0.39, 0.29) is 57.4 Å². The van der Waals surface area contributed by atoms with Gasteiger partial charge in [0, 0.05) is 56.5 Å². The first kappa shape index (κ1) is 49.4. The van der Waals surface area contributed by atoms with E-state index < -0.39 is 103 Å². The highest BCUT2D eigenvalue weighted by Gasteiger charge is 2.62. The third-order valence-corrected chi connectivity index (χ3v) is 29.2. The van der Waals surface area contributed by atoms with Crippen LogP contribution in [-0.4, -0.2) is 149 Å². The zero-order valence-electron chi connectivity index (χ0n) is 33.3. The first-order valence-corrected chi connectivity index (χ1v) is 31.5. The van der Waals surface area contributed by atoms with Gasteiger partial charge in [-0.15, -0.1) is 0 Å². The number of hydrogen-bond donors (Lipinski definition) is 3. The number of nitrogens with zero attached hydrogens (tertiary/aromatic N) is 1. The van der Waals surface area contributed by atoms with Gasteiger partial charge in [-0.3, -0.25) is 18.0 Å². The Morgan fingerprint density at radius 1 is 0.774 bits per heavy atom. The van der Waals surface area contributed by atoms with Crippen LogP contribution in [0, 0.1) is 11.3 Å². The second-order valence-corrected chi connectivity index (χ2v) is 29.9. The topological polar surface area (TPSA) is 242 Å². The van der Waals surface area contributed by atoms with Crippen molar-refractivity contribution in [3.63, 3.8) is 0 Å². The zero-order valence-corrected chi connectivity index (χ0v) is 42.2. The lowest BCUT2D eigenvalue weighted by Crippen LogP contribution is -2.70. The van der Waals surface area contributed by atoms with Crippen LogP contribution < -0.4 is 4.74 Å². The minimum Gasteiger partial charge on any atom is -0.494 e. The maximum atomic E-state index is 13.9. The number of carbonyl (C=O) groups excluding carboxylic acids is 1. The fourth-order valence-electron chi connectivity index (χ4n) is 5.68. The minimum atomic E-state index is -4.33. The van der Waals surface area contributed by atoms with Crippen molar-refractivity contribution in [3.8, 4) is 11.8 Å². The van der Waals surface area contributed by atoms with E-state index in [0.29, 0.717) is 5.75 Å². The number of ketones is 1. The van der Waals surface area contributed by atoms with Gasteiger partial charge in [0.1, 0.15) is 12.0 Å². The van der Waals surface area contributed by atoms with Crippen LogP contribution in [0.4, 0.5) is 0 Å². The first-order chi connectivity index (χ1) is 30.2. The van der Waals surface area contributed by atoms with Gasteiger partial charge in [-0.05, 0) is 46.6 Å². The molecule has 4 bridgehead atoms. The van der Waals surface area contributed by atoms with E-state index in [2.05, 4.69) is 12.1 Å². The van der Waals surface area contributed by atoms with Crippen molar-refractivity contribution < 1.29 is 83.8 Å². The molecule has 0 amide bonds. The highest BCUT2D eigenvalue weighted by Crippen LogP contribution is 2.50. The van der Waals surface area contributed by atoms with Gasteiger partial charge in [0.15, 0.2) is 0 Å². The van der Waals surface area contributed by atoms with Crippen molar-refractivity contribution in [3.05, 3.63) is 95.6 Å². The standard InChI is InChI=1S/C33H43NO19PSi8/c1-39-31-13-9-29(10-14-31)33(28-7-3-2-4-8-28)30-11-15-32(16-12-30)40-21-6-23-42-54(38,41-22-5-17-34)43-27-58-45-56-47-60-48-59-46-55-44-57(24-18-35)49-61(51-59,25-19-36)53-62(50-58,52-60)26-20-37/h2-4,7-16,35-37H,5-6,18-27H2,1H3/q+1. The summed E-state index contributed by atoms with van der Waals surface area (Å²) in [5, 5.41) is 39.0. The summed E-state index contributed by atoms with van der Waals surface area (Å²) in [7, 11) is -22.4. The molecule has 20 nitrogen and oxygen atoms in total. The molecule has 6 rings (SSSR count). The minimum absolute atomic E-state index is 0.0919. The average Bonchev–Trinajstić information content (AvgIpc) is 3.25. The summed E-state index contributed by atoms with van der Waals surface area (Å²) < 4.78 is 103. The van der Waals surface area contributed by atoms with Crippen LogP contribution in [0.25, 0.3) is 5.57 Å². The first-order valence-electron chi connectivity index (χ1n) is 19.0. The van der Waals surface area contributed by atoms with Crippen molar-refractivity contribution in [2.75, 3.05) is 53.0 Å². The molecule has 3 unspecified atom stereocenters. The lowest BCUT2D eigenvalue weighted by molar-refractivity contribution is -0.417. The van der Waals surface area contributed by atoms with E-state index in [1.807, 2.05) is 72.8 Å². The third-order valence-electron chi connectivity index (χ3n) is 8.40. The molecule has 3 heterocycles. The van der Waals surface area contributed by atoms with Gasteiger partial charge in [-0.1, -0.05) is 42.5 Å². The van der Waals surface area contributed by atoms with Crippen LogP contribution in [-0.2, 0) is 63.7 Å². The summed E-state index contributed by atoms with van der Waals surface area (Å²) in [6, 6.07) is 19.5. The second kappa shape index (κ2) is 25.0. The number of allylic oxidation sites excluding steroid dienone is 5. The monoisotopic (exact) mass is 1010 g/mol. The number of phosphoric acid groups is 1. The Morgan fingerprint density at radius 3 is 2.03 bits per heavy atom. The molecular weight excluding hydrogens is 970 g/mol. The summed E-state index contributed by atoms with van der Waals surface area (Å²) in [6.45, 7) is -1.33. The molecule has 3 atom stereocenters. The van der Waals surface area contributed by atoms with Crippen molar-refractivity contribution in [2.45, 2.75) is 31.0 Å². The number of benzene rings is 2. The van der Waals surface area contributed by atoms with E-state index in [1.165, 1.54) is 0 Å². The Balaban J connectivity index is 1.08. The molecule has 0 saturated carbocycles. The number of rotatable bonds is 20. The summed E-state index contributed by atoms with van der Waals surface area (Å²) in [6.07, 6.45) is 7.61. The molecule has 2 aromatic carbocycles. The predicted molar refractivity (Wildman–Crippen MR) is 226 cm³/mol. The Morgan fingerprint density at radius 2 is 1.40 bits per heavy atom. The molecule has 4 aliphatic rings. The van der Waals surface area contributed by atoms with E-state index in [0.717, 1.165) is 28.1 Å². The van der Waals surface area contributed by atoms with E-state index in [9.17, 15) is 19.9 Å². The molecule has 62 heavy (non-hydrogen) atoms. The fourth-order valence-corrected chi connectivity index (χ4v) is 29.3. The predicted octanol–water partition coefficient (Wildman–Crippen LogP) is 1.80. The van der Waals surface area contributed by atoms with Crippen molar-refractivity contribution in [1.82, 2.24) is 0 Å². The van der Waals surface area contributed by atoms with E-state index in [1.54, 1.807) is 7.11 Å². The highest BCUT2D eigenvalue weighted by atomic mass is 31.2. The fraction of sp³-hybridized carbons (Fsp3) is 0.394. The highest BCUT2D eigenvalue weighted by molar-refractivity contribution is 7.48. The number of hydrogen-bond acceptors (Lipinski definition) is 19. The number of fused-ring (bicyclic) bond motifs is 4. The van der Waals surface area contributed by atoms with Gasteiger partial charge in [0.25, 0.3) is 7.11 Å². The maximum absolute atomic E-state index is 13.9.